The van der Waals surface area contributed by atoms with Crippen LogP contribution < -0.4 is 16.0 Å². The maximum atomic E-state index is 14.7. The topological polar surface area (TPSA) is 70.3 Å². The van der Waals surface area contributed by atoms with Crippen LogP contribution in [0, 0.1) is 5.82 Å². The molecule has 174 valence electrons. The largest absolute Gasteiger partial charge is 0.485 e. The Bertz CT molecular complexity index is 1350. The Kier molecular flexibility index (Phi) is 7.03. The highest BCUT2D eigenvalue weighted by atomic mass is 35.5. The van der Waals surface area contributed by atoms with Crippen molar-refractivity contribution in [3.05, 3.63) is 79.8 Å². The molecule has 12 heteroatoms. The van der Waals surface area contributed by atoms with E-state index in [2.05, 4.69) is 0 Å². The molecule has 0 radical (unpaired) electrons. The van der Waals surface area contributed by atoms with E-state index in [0.717, 1.165) is 30.9 Å². The number of halogens is 5. The Balaban J connectivity index is 2.12. The standard InChI is InChI=1S/C21H15ClF4N2O4S/c1-11(29)10-32-15-5-3-4-6-16(15)33-17-8-14(13(23)7-12(17)22)28-19(30)9-18(21(24,25)26)27(2)20(28)31/h3-9H,10H2,1-2H3. The van der Waals surface area contributed by atoms with Crippen molar-refractivity contribution in [1.29, 1.82) is 0 Å². The third kappa shape index (κ3) is 5.31. The van der Waals surface area contributed by atoms with E-state index >= 15 is 0 Å². The molecule has 0 N–H and O–H groups in total. The third-order valence-corrected chi connectivity index (χ3v) is 5.89. The summed E-state index contributed by atoms with van der Waals surface area (Å²) in [7, 11) is 0.827. The van der Waals surface area contributed by atoms with Crippen LogP contribution in [-0.4, -0.2) is 21.5 Å². The van der Waals surface area contributed by atoms with Gasteiger partial charge in [-0.25, -0.2) is 13.8 Å². The number of carbonyl (C=O) groups is 1. The molecule has 6 nitrogen and oxygen atoms in total. The fourth-order valence-electron chi connectivity index (χ4n) is 2.84. The first kappa shape index (κ1) is 24.6. The summed E-state index contributed by atoms with van der Waals surface area (Å²) in [4.78, 5) is 36.8. The molecule has 0 saturated carbocycles. The van der Waals surface area contributed by atoms with Crippen molar-refractivity contribution in [2.45, 2.75) is 22.9 Å². The van der Waals surface area contributed by atoms with Crippen molar-refractivity contribution in [2.24, 2.45) is 7.05 Å². The summed E-state index contributed by atoms with van der Waals surface area (Å²) in [5, 5.41) is -0.0700. The zero-order chi connectivity index (χ0) is 24.5. The number of ketones is 1. The van der Waals surface area contributed by atoms with E-state index in [0.29, 0.717) is 15.2 Å². The minimum atomic E-state index is -4.95. The lowest BCUT2D eigenvalue weighted by Crippen LogP contribution is -2.41. The minimum absolute atomic E-state index is 0.0700. The molecule has 0 saturated heterocycles. The van der Waals surface area contributed by atoms with E-state index in [1.165, 1.54) is 6.92 Å². The van der Waals surface area contributed by atoms with Crippen LogP contribution in [0.5, 0.6) is 5.75 Å². The van der Waals surface area contributed by atoms with Crippen LogP contribution in [0.2, 0.25) is 5.02 Å². The van der Waals surface area contributed by atoms with Gasteiger partial charge in [0.1, 0.15) is 23.9 Å². The van der Waals surface area contributed by atoms with Crippen molar-refractivity contribution in [1.82, 2.24) is 9.13 Å². The van der Waals surface area contributed by atoms with Crippen LogP contribution in [0.3, 0.4) is 0 Å². The van der Waals surface area contributed by atoms with Gasteiger partial charge in [-0.05, 0) is 31.2 Å². The molecule has 0 aliphatic rings. The number of nitrogens with zero attached hydrogens (tertiary/aromatic N) is 2. The van der Waals surface area contributed by atoms with Crippen molar-refractivity contribution in [2.75, 3.05) is 6.61 Å². The molecule has 0 unspecified atom stereocenters. The van der Waals surface area contributed by atoms with Crippen LogP contribution in [0.25, 0.3) is 5.69 Å². The summed E-state index contributed by atoms with van der Waals surface area (Å²) >= 11 is 7.13. The number of benzene rings is 2. The Hall–Kier alpha value is -3.05. The second-order valence-corrected chi connectivity index (χ2v) is 8.31. The van der Waals surface area contributed by atoms with Gasteiger partial charge < -0.3 is 4.74 Å². The molecule has 2 aromatic carbocycles. The quantitative estimate of drug-likeness (QED) is 0.465. The molecule has 0 amide bonds. The van der Waals surface area contributed by atoms with E-state index in [9.17, 15) is 31.9 Å². The number of hydrogen-bond acceptors (Lipinski definition) is 5. The molecular weight excluding hydrogens is 488 g/mol. The number of rotatable bonds is 6. The monoisotopic (exact) mass is 502 g/mol. The first-order valence-electron chi connectivity index (χ1n) is 9.19. The zero-order valence-corrected chi connectivity index (χ0v) is 18.6. The van der Waals surface area contributed by atoms with Crippen LogP contribution in [0.1, 0.15) is 12.6 Å². The van der Waals surface area contributed by atoms with E-state index in [1.54, 1.807) is 24.3 Å². The lowest BCUT2D eigenvalue weighted by atomic mass is 10.3. The lowest BCUT2D eigenvalue weighted by molar-refractivity contribution is -0.144. The molecule has 3 rings (SSSR count). The van der Waals surface area contributed by atoms with Crippen molar-refractivity contribution in [3.8, 4) is 11.4 Å². The summed E-state index contributed by atoms with van der Waals surface area (Å²) < 4.78 is 59.9. The third-order valence-electron chi connectivity index (χ3n) is 4.35. The fraction of sp³-hybridized carbons (Fsp3) is 0.190. The summed E-state index contributed by atoms with van der Waals surface area (Å²) in [6.45, 7) is 1.16. The van der Waals surface area contributed by atoms with Crippen LogP contribution in [-0.2, 0) is 18.0 Å². The molecule has 33 heavy (non-hydrogen) atoms. The average molecular weight is 503 g/mol. The summed E-state index contributed by atoms with van der Waals surface area (Å²) in [6.07, 6.45) is -4.95. The molecule has 1 heterocycles. The number of ether oxygens (including phenoxy) is 1. The van der Waals surface area contributed by atoms with Gasteiger partial charge in [0.25, 0.3) is 5.56 Å². The van der Waals surface area contributed by atoms with Gasteiger partial charge in [0.2, 0.25) is 0 Å². The Labute approximate surface area is 193 Å². The van der Waals surface area contributed by atoms with Gasteiger partial charge in [0.15, 0.2) is 5.78 Å². The molecule has 0 bridgehead atoms. The maximum Gasteiger partial charge on any atom is 0.431 e. The van der Waals surface area contributed by atoms with Gasteiger partial charge in [-0.3, -0.25) is 14.2 Å². The number of carbonyl (C=O) groups excluding carboxylic acids is 1. The van der Waals surface area contributed by atoms with Crippen LogP contribution in [0.4, 0.5) is 17.6 Å². The minimum Gasteiger partial charge on any atom is -0.485 e. The highest BCUT2D eigenvalue weighted by molar-refractivity contribution is 7.99. The van der Waals surface area contributed by atoms with E-state index in [1.807, 2.05) is 0 Å². The number of hydrogen-bond donors (Lipinski definition) is 0. The van der Waals surface area contributed by atoms with Crippen LogP contribution in [0.15, 0.2) is 61.8 Å². The van der Waals surface area contributed by atoms with Gasteiger partial charge in [0, 0.05) is 18.0 Å². The van der Waals surface area contributed by atoms with E-state index in [4.69, 9.17) is 16.3 Å². The SMILES string of the molecule is CC(=O)COc1ccccc1Sc1cc(-n2c(=O)cc(C(F)(F)F)n(C)c2=O)c(F)cc1Cl. The second kappa shape index (κ2) is 9.44. The Morgan fingerprint density at radius 3 is 2.42 bits per heavy atom. The van der Waals surface area contributed by atoms with Crippen LogP contribution >= 0.6 is 23.4 Å². The van der Waals surface area contributed by atoms with Crippen molar-refractivity contribution in [3.63, 3.8) is 0 Å². The fourth-order valence-corrected chi connectivity index (χ4v) is 4.04. The predicted octanol–water partition coefficient (Wildman–Crippen LogP) is 4.47. The number of alkyl halides is 3. The lowest BCUT2D eigenvalue weighted by Gasteiger charge is -2.16. The van der Waals surface area contributed by atoms with E-state index in [-0.39, 0.29) is 32.9 Å². The van der Waals surface area contributed by atoms with Gasteiger partial charge >= 0.3 is 11.9 Å². The van der Waals surface area contributed by atoms with Crippen molar-refractivity contribution < 1.29 is 27.1 Å². The molecule has 0 spiro atoms. The highest BCUT2D eigenvalue weighted by Crippen LogP contribution is 2.39. The van der Waals surface area contributed by atoms with Crippen molar-refractivity contribution >= 4 is 29.1 Å². The van der Waals surface area contributed by atoms with Gasteiger partial charge in [0.05, 0.1) is 15.6 Å². The number of Topliss-reactive ketones (excluding diaryl/α,β-unsaturated/α-hetero) is 1. The zero-order valence-electron chi connectivity index (χ0n) is 17.1. The first-order chi connectivity index (χ1) is 15.4. The normalized spacial score (nSPS) is 11.5. The molecule has 1 aromatic heterocycles. The number of aromatic nitrogens is 2. The van der Waals surface area contributed by atoms with Gasteiger partial charge in [-0.1, -0.05) is 35.5 Å². The predicted molar refractivity (Wildman–Crippen MR) is 114 cm³/mol. The maximum absolute atomic E-state index is 14.7. The summed E-state index contributed by atoms with van der Waals surface area (Å²) in [5.74, 6) is -0.957. The first-order valence-corrected chi connectivity index (χ1v) is 10.4. The smallest absolute Gasteiger partial charge is 0.431 e. The molecule has 0 atom stereocenters. The molecule has 0 fully saturated rings. The highest BCUT2D eigenvalue weighted by Gasteiger charge is 2.35. The summed E-state index contributed by atoms with van der Waals surface area (Å²) in [6, 6.07) is 8.73. The molecular formula is C21H15ClF4N2O4S. The molecule has 3 aromatic rings. The second-order valence-electron chi connectivity index (χ2n) is 6.82. The van der Waals surface area contributed by atoms with Gasteiger partial charge in [-0.2, -0.15) is 13.2 Å². The van der Waals surface area contributed by atoms with Gasteiger partial charge in [-0.15, -0.1) is 0 Å². The molecule has 0 aliphatic heterocycles. The summed E-state index contributed by atoms with van der Waals surface area (Å²) in [5.41, 5.74) is -4.76. The van der Waals surface area contributed by atoms with E-state index < -0.39 is 34.6 Å². The Morgan fingerprint density at radius 1 is 1.12 bits per heavy atom. The average Bonchev–Trinajstić information content (AvgIpc) is 2.72. The number of para-hydroxylation sites is 1. The molecule has 0 aliphatic carbocycles. The Morgan fingerprint density at radius 2 is 1.79 bits per heavy atom.